The summed E-state index contributed by atoms with van der Waals surface area (Å²) in [5, 5.41) is 2.72. The van der Waals surface area contributed by atoms with Gasteiger partial charge in [0.2, 0.25) is 0 Å². The largest absolute Gasteiger partial charge is 0.325 e. The van der Waals surface area contributed by atoms with E-state index in [2.05, 4.69) is 28.3 Å². The molecule has 0 aromatic carbocycles. The van der Waals surface area contributed by atoms with Crippen LogP contribution < -0.4 is 5.32 Å². The van der Waals surface area contributed by atoms with Crippen LogP contribution in [-0.2, 0) is 11.2 Å². The zero-order valence-electron chi connectivity index (χ0n) is 14.7. The fourth-order valence-electron chi connectivity index (χ4n) is 3.67. The summed E-state index contributed by atoms with van der Waals surface area (Å²) in [6.07, 6.45) is 6.02. The molecule has 1 aromatic rings. The van der Waals surface area contributed by atoms with Crippen molar-refractivity contribution in [3.05, 3.63) is 29.6 Å². The second-order valence-electron chi connectivity index (χ2n) is 7.30. The van der Waals surface area contributed by atoms with Crippen molar-refractivity contribution in [1.82, 2.24) is 20.1 Å². The van der Waals surface area contributed by atoms with Crippen LogP contribution in [0.1, 0.15) is 50.4 Å². The number of imide groups is 1. The van der Waals surface area contributed by atoms with E-state index < -0.39 is 5.54 Å². The van der Waals surface area contributed by atoms with Crippen molar-refractivity contribution in [3.8, 4) is 0 Å². The first-order chi connectivity index (χ1) is 11.4. The van der Waals surface area contributed by atoms with Crippen molar-refractivity contribution < 1.29 is 9.59 Å². The predicted molar refractivity (Wildman–Crippen MR) is 91.5 cm³/mol. The fourth-order valence-corrected chi connectivity index (χ4v) is 3.67. The average molecular weight is 330 g/mol. The van der Waals surface area contributed by atoms with Gasteiger partial charge in [0.15, 0.2) is 0 Å². The number of nitrogens with one attached hydrogen (secondary N) is 1. The molecule has 0 bridgehead atoms. The Kier molecular flexibility index (Phi) is 4.58. The monoisotopic (exact) mass is 330 g/mol. The lowest BCUT2D eigenvalue weighted by atomic mass is 9.91. The van der Waals surface area contributed by atoms with Crippen LogP contribution in [0.2, 0.25) is 0 Å². The quantitative estimate of drug-likeness (QED) is 0.840. The van der Waals surface area contributed by atoms with Crippen molar-refractivity contribution in [2.24, 2.45) is 0 Å². The zero-order chi connectivity index (χ0) is 17.3. The Bertz CT molecular complexity index is 644. The van der Waals surface area contributed by atoms with E-state index in [4.69, 9.17) is 0 Å². The molecule has 24 heavy (non-hydrogen) atoms. The Labute approximate surface area is 143 Å². The van der Waals surface area contributed by atoms with Gasteiger partial charge in [0.25, 0.3) is 5.91 Å². The van der Waals surface area contributed by atoms with E-state index in [0.717, 1.165) is 25.8 Å². The van der Waals surface area contributed by atoms with Gasteiger partial charge in [-0.1, -0.05) is 6.07 Å². The predicted octanol–water partition coefficient (Wildman–Crippen LogP) is 2.11. The average Bonchev–Trinajstić information content (AvgIpc) is 2.75. The van der Waals surface area contributed by atoms with Gasteiger partial charge in [0, 0.05) is 19.3 Å². The summed E-state index contributed by atoms with van der Waals surface area (Å²) in [7, 11) is 2.10. The summed E-state index contributed by atoms with van der Waals surface area (Å²) in [6.45, 7) is 4.77. The van der Waals surface area contributed by atoms with Crippen molar-refractivity contribution in [2.75, 3.05) is 20.1 Å². The van der Waals surface area contributed by atoms with Crippen LogP contribution in [-0.4, -0.2) is 52.4 Å². The standard InChI is InChI=1S/C18H26N4O2/c1-18(2)16(23)22(17(24)20-18)12-6-11-21(3)14-9-4-7-13-8-5-10-19-15(13)14/h5,8,10,14H,4,6-7,9,11-12H2,1-3H3,(H,20,24). The van der Waals surface area contributed by atoms with Gasteiger partial charge in [0.1, 0.15) is 5.54 Å². The van der Waals surface area contributed by atoms with Crippen LogP contribution in [0.25, 0.3) is 0 Å². The Morgan fingerprint density at radius 2 is 2.21 bits per heavy atom. The summed E-state index contributed by atoms with van der Waals surface area (Å²) in [5.74, 6) is -0.139. The molecule has 6 nitrogen and oxygen atoms in total. The molecular weight excluding hydrogens is 304 g/mol. The van der Waals surface area contributed by atoms with Gasteiger partial charge < -0.3 is 5.32 Å². The molecule has 3 rings (SSSR count). The number of urea groups is 1. The molecule has 2 heterocycles. The molecule has 1 N–H and O–H groups in total. The Morgan fingerprint density at radius 3 is 2.92 bits per heavy atom. The number of hydrogen-bond donors (Lipinski definition) is 1. The molecule has 6 heteroatoms. The minimum Gasteiger partial charge on any atom is -0.324 e. The van der Waals surface area contributed by atoms with Gasteiger partial charge in [-0.25, -0.2) is 4.79 Å². The lowest BCUT2D eigenvalue weighted by molar-refractivity contribution is -0.130. The minimum atomic E-state index is -0.783. The Balaban J connectivity index is 1.57. The molecule has 0 saturated carbocycles. The summed E-state index contributed by atoms with van der Waals surface area (Å²) in [5.41, 5.74) is 1.74. The van der Waals surface area contributed by atoms with E-state index in [1.165, 1.54) is 22.6 Å². The molecule has 130 valence electrons. The third-order valence-corrected chi connectivity index (χ3v) is 5.03. The van der Waals surface area contributed by atoms with E-state index in [0.29, 0.717) is 12.6 Å². The minimum absolute atomic E-state index is 0.139. The fraction of sp³-hybridized carbons (Fsp3) is 0.611. The molecule has 1 atom stereocenters. The SMILES string of the molecule is CN(CCCN1C(=O)NC(C)(C)C1=O)C1CCCc2cccnc21. The molecular formula is C18H26N4O2. The van der Waals surface area contributed by atoms with Gasteiger partial charge in [-0.15, -0.1) is 0 Å². The third-order valence-electron chi connectivity index (χ3n) is 5.03. The summed E-state index contributed by atoms with van der Waals surface area (Å²) < 4.78 is 0. The summed E-state index contributed by atoms with van der Waals surface area (Å²) >= 11 is 0. The van der Waals surface area contributed by atoms with E-state index in [-0.39, 0.29) is 11.9 Å². The van der Waals surface area contributed by atoms with Crippen LogP contribution in [0.3, 0.4) is 0 Å². The summed E-state index contributed by atoms with van der Waals surface area (Å²) in [6, 6.07) is 4.21. The topological polar surface area (TPSA) is 65.5 Å². The maximum absolute atomic E-state index is 12.2. The number of hydrogen-bond acceptors (Lipinski definition) is 4. The molecule has 1 unspecified atom stereocenters. The second kappa shape index (κ2) is 6.51. The maximum Gasteiger partial charge on any atom is 0.325 e. The van der Waals surface area contributed by atoms with Crippen LogP contribution >= 0.6 is 0 Å². The van der Waals surface area contributed by atoms with E-state index in [1.54, 1.807) is 13.8 Å². The van der Waals surface area contributed by atoms with Gasteiger partial charge >= 0.3 is 6.03 Å². The van der Waals surface area contributed by atoms with Crippen LogP contribution in [0.15, 0.2) is 18.3 Å². The number of amides is 3. The molecule has 0 radical (unpaired) electrons. The highest BCUT2D eigenvalue weighted by molar-refractivity contribution is 6.06. The van der Waals surface area contributed by atoms with E-state index >= 15 is 0 Å². The van der Waals surface area contributed by atoms with Gasteiger partial charge in [-0.2, -0.15) is 0 Å². The molecule has 1 aliphatic carbocycles. The second-order valence-corrected chi connectivity index (χ2v) is 7.30. The highest BCUT2D eigenvalue weighted by atomic mass is 16.2. The van der Waals surface area contributed by atoms with E-state index in [9.17, 15) is 9.59 Å². The molecule has 2 aliphatic rings. The van der Waals surface area contributed by atoms with Crippen molar-refractivity contribution in [1.29, 1.82) is 0 Å². The lowest BCUT2D eigenvalue weighted by Crippen LogP contribution is -2.40. The van der Waals surface area contributed by atoms with Gasteiger partial charge in [-0.05, 0) is 58.2 Å². The third kappa shape index (κ3) is 3.15. The van der Waals surface area contributed by atoms with Crippen molar-refractivity contribution in [3.63, 3.8) is 0 Å². The first kappa shape index (κ1) is 16.9. The normalized spacial score (nSPS) is 22.7. The number of pyridine rings is 1. The summed E-state index contributed by atoms with van der Waals surface area (Å²) in [4.78, 5) is 32.3. The lowest BCUT2D eigenvalue weighted by Gasteiger charge is -2.32. The molecule has 0 spiro atoms. The number of fused-ring (bicyclic) bond motifs is 1. The van der Waals surface area contributed by atoms with Crippen LogP contribution in [0.4, 0.5) is 4.79 Å². The number of nitrogens with zero attached hydrogens (tertiary/aromatic N) is 3. The number of carbonyl (C=O) groups is 2. The zero-order valence-corrected chi connectivity index (χ0v) is 14.7. The smallest absolute Gasteiger partial charge is 0.324 e. The van der Waals surface area contributed by atoms with Crippen molar-refractivity contribution >= 4 is 11.9 Å². The van der Waals surface area contributed by atoms with Crippen LogP contribution in [0.5, 0.6) is 0 Å². The highest BCUT2D eigenvalue weighted by Crippen LogP contribution is 2.31. The molecule has 1 fully saturated rings. The van der Waals surface area contributed by atoms with E-state index in [1.807, 2.05) is 12.3 Å². The Hall–Kier alpha value is -1.95. The highest BCUT2D eigenvalue weighted by Gasteiger charge is 2.43. The van der Waals surface area contributed by atoms with Gasteiger partial charge in [-0.3, -0.25) is 19.6 Å². The molecule has 3 amide bonds. The number of rotatable bonds is 5. The first-order valence-corrected chi connectivity index (χ1v) is 8.68. The van der Waals surface area contributed by atoms with Crippen LogP contribution in [0, 0.1) is 0 Å². The first-order valence-electron chi connectivity index (χ1n) is 8.68. The number of aryl methyl sites for hydroxylation is 1. The molecule has 1 aromatic heterocycles. The Morgan fingerprint density at radius 1 is 1.42 bits per heavy atom. The number of aromatic nitrogens is 1. The van der Waals surface area contributed by atoms with Crippen molar-refractivity contribution in [2.45, 2.75) is 51.1 Å². The van der Waals surface area contributed by atoms with Gasteiger partial charge in [0.05, 0.1) is 11.7 Å². The maximum atomic E-state index is 12.2. The number of carbonyl (C=O) groups excluding carboxylic acids is 2. The molecule has 1 saturated heterocycles. The molecule has 1 aliphatic heterocycles.